The zero-order chi connectivity index (χ0) is 15.3. The third-order valence-electron chi connectivity index (χ3n) is 4.30. The minimum atomic E-state index is -0.315. The van der Waals surface area contributed by atoms with Gasteiger partial charge in [0.25, 0.3) is 0 Å². The molecule has 3 unspecified atom stereocenters. The molecule has 1 aliphatic rings. The lowest BCUT2D eigenvalue weighted by molar-refractivity contribution is 0.126. The molecule has 0 bridgehead atoms. The van der Waals surface area contributed by atoms with E-state index in [4.69, 9.17) is 0 Å². The van der Waals surface area contributed by atoms with Crippen molar-refractivity contribution in [2.45, 2.75) is 70.6 Å². The van der Waals surface area contributed by atoms with Crippen LogP contribution in [0.3, 0.4) is 0 Å². The first-order valence-electron chi connectivity index (χ1n) is 7.93. The Morgan fingerprint density at radius 1 is 1.35 bits per heavy atom. The molecule has 1 saturated carbocycles. The normalized spacial score (nSPS) is 28.3. The Morgan fingerprint density at radius 3 is 2.45 bits per heavy atom. The maximum absolute atomic E-state index is 9.58. The molecule has 1 fully saturated rings. The van der Waals surface area contributed by atoms with Gasteiger partial charge in [-0.3, -0.25) is 10.2 Å². The van der Waals surface area contributed by atoms with Crippen molar-refractivity contribution in [2.24, 2.45) is 0 Å². The van der Waals surface area contributed by atoms with Crippen molar-refractivity contribution >= 4 is 0 Å². The smallest absolute Gasteiger partial charge is 0.108 e. The van der Waals surface area contributed by atoms with E-state index in [9.17, 15) is 5.26 Å². The lowest BCUT2D eigenvalue weighted by atomic mass is 9.98. The average molecular weight is 280 g/mol. The minimum absolute atomic E-state index is 0.315. The third kappa shape index (κ3) is 4.44. The molecule has 1 aliphatic carbocycles. The van der Waals surface area contributed by atoms with Crippen molar-refractivity contribution in [3.63, 3.8) is 0 Å². The van der Waals surface area contributed by atoms with Gasteiger partial charge in [0.1, 0.15) is 5.54 Å². The first-order valence-corrected chi connectivity index (χ1v) is 7.93. The molecule has 4 nitrogen and oxygen atoms in total. The third-order valence-corrected chi connectivity index (χ3v) is 4.30. The van der Waals surface area contributed by atoms with Crippen LogP contribution in [0, 0.1) is 11.3 Å². The SMILES string of the molecule is CCN(C(C)CN(C)C)C1CCC(C#N)(NC(C)C)C1. The van der Waals surface area contributed by atoms with E-state index in [0.29, 0.717) is 18.1 Å². The quantitative estimate of drug-likeness (QED) is 0.775. The largest absolute Gasteiger partial charge is 0.308 e. The van der Waals surface area contributed by atoms with Crippen LogP contribution in [0.25, 0.3) is 0 Å². The standard InChI is InChI=1S/C16H32N4/c1-7-20(14(4)11-19(5)6)15-8-9-16(10-15,12-17)18-13(2)3/h13-15,18H,7-11H2,1-6H3. The maximum Gasteiger partial charge on any atom is 0.108 e. The van der Waals surface area contributed by atoms with E-state index in [-0.39, 0.29) is 5.54 Å². The molecule has 1 rings (SSSR count). The number of nitrogens with one attached hydrogen (secondary N) is 1. The van der Waals surface area contributed by atoms with Gasteiger partial charge in [0.15, 0.2) is 0 Å². The summed E-state index contributed by atoms with van der Waals surface area (Å²) in [5.41, 5.74) is -0.315. The molecular weight excluding hydrogens is 248 g/mol. The van der Waals surface area contributed by atoms with Crippen LogP contribution >= 0.6 is 0 Å². The van der Waals surface area contributed by atoms with E-state index in [1.165, 1.54) is 0 Å². The molecule has 0 amide bonds. The highest BCUT2D eigenvalue weighted by Gasteiger charge is 2.42. The average Bonchev–Trinajstić information content (AvgIpc) is 2.73. The molecule has 1 N–H and O–H groups in total. The number of nitrogens with zero attached hydrogens (tertiary/aromatic N) is 3. The van der Waals surface area contributed by atoms with Gasteiger partial charge in [0, 0.05) is 24.7 Å². The summed E-state index contributed by atoms with van der Waals surface area (Å²) in [6.45, 7) is 10.9. The van der Waals surface area contributed by atoms with E-state index in [1.54, 1.807) is 0 Å². The number of hydrogen-bond donors (Lipinski definition) is 1. The summed E-state index contributed by atoms with van der Waals surface area (Å²) in [5.74, 6) is 0. The lowest BCUT2D eigenvalue weighted by Crippen LogP contribution is -2.49. The molecular formula is C16H32N4. The minimum Gasteiger partial charge on any atom is -0.308 e. The van der Waals surface area contributed by atoms with Crippen molar-refractivity contribution in [3.05, 3.63) is 0 Å². The van der Waals surface area contributed by atoms with Crippen molar-refractivity contribution in [1.82, 2.24) is 15.1 Å². The molecule has 0 aromatic carbocycles. The summed E-state index contributed by atoms with van der Waals surface area (Å²) in [5, 5.41) is 13.1. The van der Waals surface area contributed by atoms with Crippen LogP contribution in [-0.4, -0.2) is 60.6 Å². The highest BCUT2D eigenvalue weighted by Crippen LogP contribution is 2.34. The van der Waals surface area contributed by atoms with Crippen molar-refractivity contribution in [3.8, 4) is 6.07 Å². The van der Waals surface area contributed by atoms with Gasteiger partial charge in [-0.2, -0.15) is 5.26 Å². The van der Waals surface area contributed by atoms with Gasteiger partial charge < -0.3 is 4.90 Å². The van der Waals surface area contributed by atoms with Crippen molar-refractivity contribution < 1.29 is 0 Å². The van der Waals surface area contributed by atoms with Gasteiger partial charge >= 0.3 is 0 Å². The molecule has 0 radical (unpaired) electrons. The van der Waals surface area contributed by atoms with Gasteiger partial charge in [0.05, 0.1) is 6.07 Å². The zero-order valence-electron chi connectivity index (χ0n) is 14.1. The highest BCUT2D eigenvalue weighted by molar-refractivity contribution is 5.14. The van der Waals surface area contributed by atoms with Crippen LogP contribution in [0.1, 0.15) is 47.0 Å². The number of rotatable bonds is 7. The molecule has 20 heavy (non-hydrogen) atoms. The second-order valence-corrected chi connectivity index (χ2v) is 6.83. The summed E-state index contributed by atoms with van der Waals surface area (Å²) in [6.07, 6.45) is 3.05. The Hall–Kier alpha value is -0.630. The maximum atomic E-state index is 9.58. The Bertz CT molecular complexity index is 334. The predicted octanol–water partition coefficient (Wildman–Crippen LogP) is 2.07. The van der Waals surface area contributed by atoms with E-state index < -0.39 is 0 Å². The van der Waals surface area contributed by atoms with E-state index >= 15 is 0 Å². The van der Waals surface area contributed by atoms with Crippen LogP contribution < -0.4 is 5.32 Å². The first-order chi connectivity index (χ1) is 9.33. The molecule has 0 aromatic rings. The Balaban J connectivity index is 2.71. The summed E-state index contributed by atoms with van der Waals surface area (Å²) >= 11 is 0. The number of likely N-dealkylation sites (N-methyl/N-ethyl adjacent to an activating group) is 2. The second kappa shape index (κ2) is 7.40. The topological polar surface area (TPSA) is 42.3 Å². The Labute approximate surface area is 125 Å². The fourth-order valence-corrected chi connectivity index (χ4v) is 3.68. The van der Waals surface area contributed by atoms with Gasteiger partial charge in [-0.1, -0.05) is 6.92 Å². The second-order valence-electron chi connectivity index (χ2n) is 6.83. The number of hydrogen-bond acceptors (Lipinski definition) is 4. The zero-order valence-corrected chi connectivity index (χ0v) is 14.1. The first kappa shape index (κ1) is 17.4. The lowest BCUT2D eigenvalue weighted by Gasteiger charge is -2.36. The molecule has 0 heterocycles. The van der Waals surface area contributed by atoms with Gasteiger partial charge in [-0.05, 0) is 60.7 Å². The Kier molecular flexibility index (Phi) is 6.44. The highest BCUT2D eigenvalue weighted by atomic mass is 15.2. The fourth-order valence-electron chi connectivity index (χ4n) is 3.68. The molecule has 0 saturated heterocycles. The summed E-state index contributed by atoms with van der Waals surface area (Å²) in [7, 11) is 4.25. The van der Waals surface area contributed by atoms with Crippen LogP contribution in [0.2, 0.25) is 0 Å². The number of nitriles is 1. The summed E-state index contributed by atoms with van der Waals surface area (Å²) < 4.78 is 0. The van der Waals surface area contributed by atoms with Gasteiger partial charge in [-0.15, -0.1) is 0 Å². The molecule has 0 aromatic heterocycles. The van der Waals surface area contributed by atoms with Crippen molar-refractivity contribution in [1.29, 1.82) is 5.26 Å². The van der Waals surface area contributed by atoms with Crippen molar-refractivity contribution in [2.75, 3.05) is 27.2 Å². The Morgan fingerprint density at radius 2 is 2.00 bits per heavy atom. The molecule has 4 heteroatoms. The van der Waals surface area contributed by atoms with Gasteiger partial charge in [0.2, 0.25) is 0 Å². The van der Waals surface area contributed by atoms with E-state index in [0.717, 1.165) is 32.4 Å². The molecule has 116 valence electrons. The van der Waals surface area contributed by atoms with Crippen LogP contribution in [0.4, 0.5) is 0 Å². The predicted molar refractivity (Wildman–Crippen MR) is 84.7 cm³/mol. The van der Waals surface area contributed by atoms with E-state index in [2.05, 4.69) is 63.0 Å². The molecule has 3 atom stereocenters. The van der Waals surface area contributed by atoms with Crippen LogP contribution in [0.5, 0.6) is 0 Å². The van der Waals surface area contributed by atoms with Gasteiger partial charge in [-0.25, -0.2) is 0 Å². The van der Waals surface area contributed by atoms with Crippen LogP contribution in [0.15, 0.2) is 0 Å². The monoisotopic (exact) mass is 280 g/mol. The molecule has 0 aliphatic heterocycles. The fraction of sp³-hybridized carbons (Fsp3) is 0.938. The summed E-state index contributed by atoms with van der Waals surface area (Å²) in [6, 6.07) is 3.98. The van der Waals surface area contributed by atoms with E-state index in [1.807, 2.05) is 0 Å². The van der Waals surface area contributed by atoms with Crippen LogP contribution in [-0.2, 0) is 0 Å². The summed E-state index contributed by atoms with van der Waals surface area (Å²) in [4.78, 5) is 4.81. The molecule has 0 spiro atoms.